The number of non-ortho nitro benzene ring substituents is 1. The van der Waals surface area contributed by atoms with Crippen LogP contribution in [0.1, 0.15) is 37.0 Å². The van der Waals surface area contributed by atoms with E-state index in [-0.39, 0.29) is 54.4 Å². The number of benzene rings is 2. The summed E-state index contributed by atoms with van der Waals surface area (Å²) in [6.45, 7) is 3.42. The molecule has 1 aliphatic heterocycles. The summed E-state index contributed by atoms with van der Waals surface area (Å²) in [6, 6.07) is 10.8. The average Bonchev–Trinajstić information content (AvgIpc) is 2.89. The lowest BCUT2D eigenvalue weighted by atomic mass is 9.98. The Morgan fingerprint density at radius 1 is 1.14 bits per heavy atom. The molecule has 2 aromatic carbocycles. The molecule has 1 unspecified atom stereocenters. The molecule has 1 aliphatic rings. The van der Waals surface area contributed by atoms with E-state index in [1.807, 2.05) is 0 Å². The lowest BCUT2D eigenvalue weighted by molar-refractivity contribution is -0.384. The number of sulfonamides is 1. The third-order valence-electron chi connectivity index (χ3n) is 5.78. The standard InChI is InChI=1S/C24H27N3O9S/c1-3-35-23(29)17-7-9-21(10-8-17)37(33,34)26-13-11-18(12-14-26)24(30)36-16(2)22(28)25-19-5-4-6-20(15-19)27(31)32/h4-10,15-16,18H,3,11-14H2,1-2H3,(H,25,28). The van der Waals surface area contributed by atoms with Crippen LogP contribution in [0.25, 0.3) is 0 Å². The molecule has 2 aromatic rings. The van der Waals surface area contributed by atoms with Gasteiger partial charge in [0.05, 0.1) is 27.9 Å². The van der Waals surface area contributed by atoms with Crippen LogP contribution >= 0.6 is 0 Å². The van der Waals surface area contributed by atoms with Gasteiger partial charge in [0.2, 0.25) is 10.0 Å². The molecule has 1 heterocycles. The van der Waals surface area contributed by atoms with Gasteiger partial charge in [-0.3, -0.25) is 19.7 Å². The summed E-state index contributed by atoms with van der Waals surface area (Å²) < 4.78 is 37.4. The molecule has 0 spiro atoms. The Bertz CT molecular complexity index is 1270. The largest absolute Gasteiger partial charge is 0.462 e. The SMILES string of the molecule is CCOC(=O)c1ccc(S(=O)(=O)N2CCC(C(=O)OC(C)C(=O)Nc3cccc([N+](=O)[O-])c3)CC2)cc1. The third kappa shape index (κ3) is 6.89. The normalized spacial score (nSPS) is 15.4. The highest BCUT2D eigenvalue weighted by Gasteiger charge is 2.34. The zero-order valence-corrected chi connectivity index (χ0v) is 21.1. The van der Waals surface area contributed by atoms with Gasteiger partial charge in [0.1, 0.15) is 0 Å². The van der Waals surface area contributed by atoms with E-state index in [9.17, 15) is 32.9 Å². The Morgan fingerprint density at radius 3 is 2.38 bits per heavy atom. The first-order valence-corrected chi connectivity index (χ1v) is 13.0. The molecule has 0 aromatic heterocycles. The van der Waals surface area contributed by atoms with Crippen molar-refractivity contribution in [2.45, 2.75) is 37.7 Å². The molecular weight excluding hydrogens is 506 g/mol. The number of nitrogens with one attached hydrogen (secondary N) is 1. The molecular formula is C24H27N3O9S. The number of nitro benzene ring substituents is 1. The molecule has 3 rings (SSSR count). The number of nitrogens with zero attached hydrogens (tertiary/aromatic N) is 2. The van der Waals surface area contributed by atoms with Crippen molar-refractivity contribution in [2.75, 3.05) is 25.0 Å². The van der Waals surface area contributed by atoms with E-state index in [2.05, 4.69) is 5.32 Å². The molecule has 1 amide bonds. The first-order chi connectivity index (χ1) is 17.5. The minimum atomic E-state index is -3.83. The summed E-state index contributed by atoms with van der Waals surface area (Å²) >= 11 is 0. The molecule has 1 N–H and O–H groups in total. The second-order valence-electron chi connectivity index (χ2n) is 8.30. The van der Waals surface area contributed by atoms with Crippen molar-refractivity contribution in [1.29, 1.82) is 0 Å². The van der Waals surface area contributed by atoms with Gasteiger partial charge in [0.15, 0.2) is 6.10 Å². The predicted octanol–water partition coefficient (Wildman–Crippen LogP) is 2.74. The first-order valence-electron chi connectivity index (χ1n) is 11.6. The molecule has 0 saturated carbocycles. The van der Waals surface area contributed by atoms with E-state index in [1.165, 1.54) is 59.8 Å². The molecule has 1 fully saturated rings. The number of hydrogen-bond donors (Lipinski definition) is 1. The summed E-state index contributed by atoms with van der Waals surface area (Å²) in [6.07, 6.45) is -0.748. The third-order valence-corrected chi connectivity index (χ3v) is 7.69. The van der Waals surface area contributed by atoms with Crippen LogP contribution in [-0.4, -0.2) is 61.3 Å². The Labute approximate surface area is 213 Å². The number of nitro groups is 1. The van der Waals surface area contributed by atoms with E-state index in [0.717, 1.165) is 0 Å². The molecule has 198 valence electrons. The van der Waals surface area contributed by atoms with E-state index >= 15 is 0 Å². The topological polar surface area (TPSA) is 162 Å². The van der Waals surface area contributed by atoms with Crippen LogP contribution < -0.4 is 5.32 Å². The van der Waals surface area contributed by atoms with Crippen LogP contribution in [0.2, 0.25) is 0 Å². The van der Waals surface area contributed by atoms with Crippen LogP contribution in [0.15, 0.2) is 53.4 Å². The summed E-state index contributed by atoms with van der Waals surface area (Å²) in [5, 5.41) is 13.4. The van der Waals surface area contributed by atoms with E-state index in [1.54, 1.807) is 6.92 Å². The van der Waals surface area contributed by atoms with Crippen LogP contribution in [0, 0.1) is 16.0 Å². The van der Waals surface area contributed by atoms with Crippen molar-refractivity contribution in [1.82, 2.24) is 4.31 Å². The molecule has 0 aliphatic carbocycles. The van der Waals surface area contributed by atoms with Gasteiger partial charge in [-0.1, -0.05) is 6.07 Å². The highest BCUT2D eigenvalue weighted by Crippen LogP contribution is 2.25. The van der Waals surface area contributed by atoms with Crippen molar-refractivity contribution in [2.24, 2.45) is 5.92 Å². The van der Waals surface area contributed by atoms with Crippen LogP contribution in [-0.2, 0) is 29.1 Å². The zero-order chi connectivity index (χ0) is 27.2. The smallest absolute Gasteiger partial charge is 0.338 e. The minimum Gasteiger partial charge on any atom is -0.462 e. The van der Waals surface area contributed by atoms with Crippen molar-refractivity contribution in [3.8, 4) is 0 Å². The van der Waals surface area contributed by atoms with Gasteiger partial charge in [-0.15, -0.1) is 0 Å². The molecule has 0 radical (unpaired) electrons. The number of ether oxygens (including phenoxy) is 2. The van der Waals surface area contributed by atoms with Gasteiger partial charge in [-0.25, -0.2) is 13.2 Å². The predicted molar refractivity (Wildman–Crippen MR) is 131 cm³/mol. The highest BCUT2D eigenvalue weighted by atomic mass is 32.2. The summed E-state index contributed by atoms with van der Waals surface area (Å²) in [5.41, 5.74) is 0.237. The van der Waals surface area contributed by atoms with Gasteiger partial charge < -0.3 is 14.8 Å². The Morgan fingerprint density at radius 2 is 1.78 bits per heavy atom. The maximum Gasteiger partial charge on any atom is 0.338 e. The quantitative estimate of drug-likeness (QED) is 0.290. The molecule has 13 heteroatoms. The number of carbonyl (C=O) groups excluding carboxylic acids is 3. The summed E-state index contributed by atoms with van der Waals surface area (Å²) in [4.78, 5) is 47.1. The van der Waals surface area contributed by atoms with Gasteiger partial charge in [-0.2, -0.15) is 4.31 Å². The highest BCUT2D eigenvalue weighted by molar-refractivity contribution is 7.89. The fourth-order valence-electron chi connectivity index (χ4n) is 3.72. The van der Waals surface area contributed by atoms with Gasteiger partial charge >= 0.3 is 11.9 Å². The lowest BCUT2D eigenvalue weighted by Gasteiger charge is -2.30. The van der Waals surface area contributed by atoms with E-state index < -0.39 is 44.8 Å². The van der Waals surface area contributed by atoms with Crippen LogP contribution in [0.5, 0.6) is 0 Å². The second-order valence-corrected chi connectivity index (χ2v) is 10.2. The Hall–Kier alpha value is -3.84. The maximum absolute atomic E-state index is 13.0. The minimum absolute atomic E-state index is 0.0213. The molecule has 1 atom stereocenters. The van der Waals surface area contributed by atoms with Crippen molar-refractivity contribution in [3.05, 3.63) is 64.2 Å². The fourth-order valence-corrected chi connectivity index (χ4v) is 5.19. The first kappa shape index (κ1) is 27.7. The number of rotatable bonds is 9. The summed E-state index contributed by atoms with van der Waals surface area (Å²) in [7, 11) is -3.83. The monoisotopic (exact) mass is 533 g/mol. The lowest BCUT2D eigenvalue weighted by Crippen LogP contribution is -2.41. The number of anilines is 1. The fraction of sp³-hybridized carbons (Fsp3) is 0.375. The van der Waals surface area contributed by atoms with Crippen molar-refractivity contribution < 1.29 is 37.2 Å². The average molecular weight is 534 g/mol. The van der Waals surface area contributed by atoms with Gasteiger partial charge in [0.25, 0.3) is 11.6 Å². The number of esters is 2. The van der Waals surface area contributed by atoms with Crippen LogP contribution in [0.4, 0.5) is 11.4 Å². The number of carbonyl (C=O) groups is 3. The molecule has 12 nitrogen and oxygen atoms in total. The van der Waals surface area contributed by atoms with Crippen molar-refractivity contribution >= 4 is 39.2 Å². The van der Waals surface area contributed by atoms with Gasteiger partial charge in [-0.05, 0) is 57.0 Å². The number of hydrogen-bond acceptors (Lipinski definition) is 9. The van der Waals surface area contributed by atoms with Gasteiger partial charge in [0, 0.05) is 30.9 Å². The Kier molecular flexibility index (Phi) is 8.95. The Balaban J connectivity index is 1.53. The van der Waals surface area contributed by atoms with Crippen molar-refractivity contribution in [3.63, 3.8) is 0 Å². The van der Waals surface area contributed by atoms with Crippen LogP contribution in [0.3, 0.4) is 0 Å². The summed E-state index contributed by atoms with van der Waals surface area (Å²) in [5.74, 6) is -2.41. The van der Waals surface area contributed by atoms with E-state index in [0.29, 0.717) is 0 Å². The zero-order valence-electron chi connectivity index (χ0n) is 20.3. The number of amides is 1. The molecule has 37 heavy (non-hydrogen) atoms. The molecule has 1 saturated heterocycles. The maximum atomic E-state index is 13.0. The molecule has 0 bridgehead atoms. The van der Waals surface area contributed by atoms with E-state index in [4.69, 9.17) is 9.47 Å². The number of piperidine rings is 1. The second kappa shape index (κ2) is 11.9.